The van der Waals surface area contributed by atoms with E-state index in [1.807, 2.05) is 37.3 Å². The SMILES string of the molecule is COc1ccc(CN=C(NCC(=O)N(C)C)N2CCN(Cc3cc(C)on3)CC2)cc1.I. The average Bonchev–Trinajstić information content (AvgIpc) is 3.19. The van der Waals surface area contributed by atoms with Crippen LogP contribution < -0.4 is 10.1 Å². The quantitative estimate of drug-likeness (QED) is 0.317. The van der Waals surface area contributed by atoms with E-state index in [4.69, 9.17) is 14.3 Å². The number of likely N-dealkylation sites (N-methyl/N-ethyl adjacent to an activating group) is 1. The van der Waals surface area contributed by atoms with Gasteiger partial charge in [0.05, 0.1) is 25.9 Å². The van der Waals surface area contributed by atoms with Crippen LogP contribution in [0.2, 0.25) is 0 Å². The van der Waals surface area contributed by atoms with Crippen molar-refractivity contribution in [2.45, 2.75) is 20.0 Å². The number of rotatable bonds is 7. The molecule has 1 aliphatic rings. The molecule has 176 valence electrons. The third-order valence-electron chi connectivity index (χ3n) is 5.20. The number of amides is 1. The van der Waals surface area contributed by atoms with Gasteiger partial charge in [-0.25, -0.2) is 4.99 Å². The van der Waals surface area contributed by atoms with E-state index in [1.54, 1.807) is 26.1 Å². The molecule has 1 fully saturated rings. The highest BCUT2D eigenvalue weighted by molar-refractivity contribution is 14.0. The Labute approximate surface area is 206 Å². The number of carbonyl (C=O) groups is 1. The molecule has 32 heavy (non-hydrogen) atoms. The Morgan fingerprint density at radius 3 is 2.47 bits per heavy atom. The molecule has 0 aliphatic carbocycles. The summed E-state index contributed by atoms with van der Waals surface area (Å²) in [5.74, 6) is 2.41. The van der Waals surface area contributed by atoms with Gasteiger partial charge >= 0.3 is 0 Å². The molecule has 1 aromatic carbocycles. The summed E-state index contributed by atoms with van der Waals surface area (Å²) in [6.45, 7) is 6.83. The molecule has 1 N–H and O–H groups in total. The molecular formula is C22H33IN6O3. The lowest BCUT2D eigenvalue weighted by atomic mass is 10.2. The van der Waals surface area contributed by atoms with Gasteiger partial charge in [0.25, 0.3) is 0 Å². The van der Waals surface area contributed by atoms with Crippen molar-refractivity contribution in [1.82, 2.24) is 25.2 Å². The highest BCUT2D eigenvalue weighted by atomic mass is 127. The molecule has 1 amide bonds. The van der Waals surface area contributed by atoms with E-state index in [1.165, 1.54) is 0 Å². The maximum absolute atomic E-state index is 12.1. The molecule has 0 unspecified atom stereocenters. The molecule has 9 nitrogen and oxygen atoms in total. The van der Waals surface area contributed by atoms with Crippen molar-refractivity contribution >= 4 is 35.8 Å². The zero-order valence-electron chi connectivity index (χ0n) is 19.2. The van der Waals surface area contributed by atoms with Gasteiger partial charge in [0.15, 0.2) is 5.96 Å². The summed E-state index contributed by atoms with van der Waals surface area (Å²) >= 11 is 0. The highest BCUT2D eigenvalue weighted by Crippen LogP contribution is 2.13. The van der Waals surface area contributed by atoms with Crippen LogP contribution in [-0.4, -0.2) is 85.7 Å². The van der Waals surface area contributed by atoms with Crippen LogP contribution in [0, 0.1) is 6.92 Å². The lowest BCUT2D eigenvalue weighted by Gasteiger charge is -2.36. The second-order valence-electron chi connectivity index (χ2n) is 7.82. The fourth-order valence-corrected chi connectivity index (χ4v) is 3.32. The number of benzene rings is 1. The van der Waals surface area contributed by atoms with Gasteiger partial charge in [-0.05, 0) is 24.6 Å². The number of hydrogen-bond acceptors (Lipinski definition) is 6. The first-order valence-electron chi connectivity index (χ1n) is 10.5. The Balaban J connectivity index is 0.00000363. The summed E-state index contributed by atoms with van der Waals surface area (Å²) in [4.78, 5) is 23.0. The van der Waals surface area contributed by atoms with Crippen molar-refractivity contribution in [3.05, 3.63) is 47.3 Å². The normalized spacial score (nSPS) is 14.6. The van der Waals surface area contributed by atoms with E-state index < -0.39 is 0 Å². The van der Waals surface area contributed by atoms with Crippen LogP contribution in [0.1, 0.15) is 17.0 Å². The molecule has 1 aromatic heterocycles. The first kappa shape index (κ1) is 25.9. The van der Waals surface area contributed by atoms with Crippen molar-refractivity contribution in [3.8, 4) is 5.75 Å². The number of carbonyl (C=O) groups excluding carboxylic acids is 1. The smallest absolute Gasteiger partial charge is 0.241 e. The largest absolute Gasteiger partial charge is 0.497 e. The second-order valence-corrected chi connectivity index (χ2v) is 7.82. The van der Waals surface area contributed by atoms with Crippen molar-refractivity contribution in [2.75, 3.05) is 53.9 Å². The predicted molar refractivity (Wildman–Crippen MR) is 134 cm³/mol. The van der Waals surface area contributed by atoms with Gasteiger partial charge in [0, 0.05) is 52.9 Å². The molecule has 1 saturated heterocycles. The molecule has 0 atom stereocenters. The molecule has 0 radical (unpaired) electrons. The molecule has 0 bridgehead atoms. The molecule has 0 spiro atoms. The summed E-state index contributed by atoms with van der Waals surface area (Å²) in [6.07, 6.45) is 0. The monoisotopic (exact) mass is 556 g/mol. The molecule has 10 heteroatoms. The number of nitrogens with one attached hydrogen (secondary N) is 1. The number of piperazine rings is 1. The Kier molecular flexibility index (Phi) is 10.2. The molecular weight excluding hydrogens is 523 g/mol. The highest BCUT2D eigenvalue weighted by Gasteiger charge is 2.21. The number of ether oxygens (including phenoxy) is 1. The van der Waals surface area contributed by atoms with Gasteiger partial charge in [0.2, 0.25) is 5.91 Å². The van der Waals surface area contributed by atoms with Gasteiger partial charge in [-0.2, -0.15) is 0 Å². The predicted octanol–water partition coefficient (Wildman–Crippen LogP) is 1.96. The topological polar surface area (TPSA) is 86.4 Å². The maximum atomic E-state index is 12.1. The van der Waals surface area contributed by atoms with Crippen LogP contribution in [0.15, 0.2) is 39.8 Å². The minimum absolute atomic E-state index is 0. The maximum Gasteiger partial charge on any atom is 0.241 e. The van der Waals surface area contributed by atoms with Gasteiger partial charge < -0.3 is 24.4 Å². The Morgan fingerprint density at radius 1 is 1.22 bits per heavy atom. The van der Waals surface area contributed by atoms with Crippen LogP contribution in [0.5, 0.6) is 5.75 Å². The Bertz CT molecular complexity index is 876. The van der Waals surface area contributed by atoms with E-state index >= 15 is 0 Å². The fourth-order valence-electron chi connectivity index (χ4n) is 3.32. The Morgan fingerprint density at radius 2 is 1.91 bits per heavy atom. The van der Waals surface area contributed by atoms with Crippen molar-refractivity contribution in [2.24, 2.45) is 4.99 Å². The van der Waals surface area contributed by atoms with Gasteiger partial charge in [-0.15, -0.1) is 24.0 Å². The van der Waals surface area contributed by atoms with E-state index in [0.717, 1.165) is 61.5 Å². The van der Waals surface area contributed by atoms with Crippen LogP contribution in [0.25, 0.3) is 0 Å². The summed E-state index contributed by atoms with van der Waals surface area (Å²) in [5, 5.41) is 7.33. The minimum atomic E-state index is 0. The van der Waals surface area contributed by atoms with Gasteiger partial charge in [-0.3, -0.25) is 9.69 Å². The van der Waals surface area contributed by atoms with Crippen molar-refractivity contribution in [3.63, 3.8) is 0 Å². The Hall–Kier alpha value is -2.34. The second kappa shape index (κ2) is 12.6. The minimum Gasteiger partial charge on any atom is -0.497 e. The number of aromatic nitrogens is 1. The van der Waals surface area contributed by atoms with E-state index in [2.05, 4.69) is 20.3 Å². The number of nitrogens with zero attached hydrogens (tertiary/aromatic N) is 5. The summed E-state index contributed by atoms with van der Waals surface area (Å²) in [7, 11) is 5.16. The molecule has 1 aliphatic heterocycles. The van der Waals surface area contributed by atoms with Crippen LogP contribution in [0.4, 0.5) is 0 Å². The standard InChI is InChI=1S/C22H32N6O3.HI/c1-17-13-19(25-31-17)16-27-9-11-28(12-10-27)22(24-15-21(29)26(2)3)23-14-18-5-7-20(30-4)8-6-18;/h5-8,13H,9-12,14-16H2,1-4H3,(H,23,24);1H. The number of halogens is 1. The van der Waals surface area contributed by atoms with Gasteiger partial charge in [-0.1, -0.05) is 17.3 Å². The fraction of sp³-hybridized carbons (Fsp3) is 0.500. The average molecular weight is 556 g/mol. The number of methoxy groups -OCH3 is 1. The van der Waals surface area contributed by atoms with E-state index in [-0.39, 0.29) is 36.4 Å². The lowest BCUT2D eigenvalue weighted by molar-refractivity contribution is -0.127. The van der Waals surface area contributed by atoms with E-state index in [0.29, 0.717) is 6.54 Å². The molecule has 3 rings (SSSR count). The van der Waals surface area contributed by atoms with Crippen LogP contribution in [0.3, 0.4) is 0 Å². The molecule has 2 heterocycles. The van der Waals surface area contributed by atoms with E-state index in [9.17, 15) is 4.79 Å². The van der Waals surface area contributed by atoms with Crippen molar-refractivity contribution in [1.29, 1.82) is 0 Å². The number of guanidine groups is 1. The molecule has 0 saturated carbocycles. The lowest BCUT2D eigenvalue weighted by Crippen LogP contribution is -2.53. The summed E-state index contributed by atoms with van der Waals surface area (Å²) in [6, 6.07) is 9.84. The zero-order chi connectivity index (χ0) is 22.2. The first-order valence-corrected chi connectivity index (χ1v) is 10.5. The summed E-state index contributed by atoms with van der Waals surface area (Å²) < 4.78 is 10.4. The zero-order valence-corrected chi connectivity index (χ0v) is 21.5. The number of aliphatic imine (C=N–C) groups is 1. The summed E-state index contributed by atoms with van der Waals surface area (Å²) in [5.41, 5.74) is 2.04. The number of hydrogen-bond donors (Lipinski definition) is 1. The van der Waals surface area contributed by atoms with Crippen LogP contribution >= 0.6 is 24.0 Å². The van der Waals surface area contributed by atoms with Crippen LogP contribution in [-0.2, 0) is 17.9 Å². The van der Waals surface area contributed by atoms with Crippen molar-refractivity contribution < 1.29 is 14.1 Å². The number of aryl methyl sites for hydroxylation is 1. The molecule has 2 aromatic rings. The third-order valence-corrected chi connectivity index (χ3v) is 5.20. The van der Waals surface area contributed by atoms with Gasteiger partial charge in [0.1, 0.15) is 11.5 Å². The third kappa shape index (κ3) is 7.66. The first-order chi connectivity index (χ1) is 14.9.